The topological polar surface area (TPSA) is 83.8 Å². The smallest absolute Gasteiger partial charge is 0.205 e. The highest BCUT2D eigenvalue weighted by molar-refractivity contribution is 6.00. The largest absolute Gasteiger partial charge is 0.387 e. The van der Waals surface area contributed by atoms with Crippen LogP contribution in [0.4, 0.5) is 0 Å². The zero-order valence-electron chi connectivity index (χ0n) is 16.6. The van der Waals surface area contributed by atoms with Gasteiger partial charge in [-0.05, 0) is 47.8 Å². The highest BCUT2D eigenvalue weighted by Crippen LogP contribution is 2.85. The van der Waals surface area contributed by atoms with Gasteiger partial charge in [0.25, 0.3) is 0 Å². The van der Waals surface area contributed by atoms with Crippen molar-refractivity contribution in [1.29, 1.82) is 0 Å². The van der Waals surface area contributed by atoms with E-state index in [1.807, 2.05) is 0 Å². The van der Waals surface area contributed by atoms with Gasteiger partial charge in [0.05, 0.1) is 17.4 Å². The van der Waals surface area contributed by atoms with E-state index in [9.17, 15) is 19.8 Å². The molecule has 2 aliphatic heterocycles. The van der Waals surface area contributed by atoms with Gasteiger partial charge in [-0.15, -0.1) is 0 Å². The van der Waals surface area contributed by atoms with Crippen molar-refractivity contribution in [2.24, 2.45) is 51.2 Å². The Hall–Kier alpha value is -0.780. The van der Waals surface area contributed by atoms with Crippen LogP contribution in [0.3, 0.4) is 0 Å². The summed E-state index contributed by atoms with van der Waals surface area (Å²) >= 11 is 0. The number of Topliss-reactive ketones (excluding diaryl/α,β-unsaturated/α-hetero) is 2. The molecule has 5 aliphatic carbocycles. The molecule has 2 saturated heterocycles. The van der Waals surface area contributed by atoms with E-state index in [1.165, 1.54) is 0 Å². The van der Waals surface area contributed by atoms with E-state index in [0.29, 0.717) is 18.8 Å². The minimum absolute atomic E-state index is 0.0497. The van der Waals surface area contributed by atoms with E-state index >= 15 is 0 Å². The molecule has 0 aromatic carbocycles. The average Bonchev–Trinajstić information content (AvgIpc) is 2.58. The lowest BCUT2D eigenvalue weighted by atomic mass is 9.20. The van der Waals surface area contributed by atoms with Gasteiger partial charge in [-0.1, -0.05) is 27.7 Å². The van der Waals surface area contributed by atoms with E-state index in [0.717, 1.165) is 12.8 Å². The van der Waals surface area contributed by atoms with Gasteiger partial charge in [0.15, 0.2) is 0 Å². The predicted molar refractivity (Wildman–Crippen MR) is 95.3 cm³/mol. The van der Waals surface area contributed by atoms with Crippen LogP contribution in [0.5, 0.6) is 0 Å². The van der Waals surface area contributed by atoms with Gasteiger partial charge >= 0.3 is 0 Å². The van der Waals surface area contributed by atoms with Gasteiger partial charge in [0.1, 0.15) is 17.7 Å². The van der Waals surface area contributed by atoms with Crippen LogP contribution < -0.4 is 0 Å². The summed E-state index contributed by atoms with van der Waals surface area (Å²) in [6, 6.07) is 0. The summed E-state index contributed by atoms with van der Waals surface area (Å²) in [4.78, 5) is 27.0. The fourth-order valence-electron chi connectivity index (χ4n) is 9.53. The van der Waals surface area contributed by atoms with E-state index in [2.05, 4.69) is 27.7 Å². The van der Waals surface area contributed by atoms with Crippen molar-refractivity contribution < 1.29 is 24.5 Å². The van der Waals surface area contributed by atoms with E-state index in [4.69, 9.17) is 4.74 Å². The van der Waals surface area contributed by atoms with E-state index < -0.39 is 22.7 Å². The van der Waals surface area contributed by atoms with Gasteiger partial charge in [-0.25, -0.2) is 0 Å². The molecule has 2 bridgehead atoms. The van der Waals surface area contributed by atoms with Crippen molar-refractivity contribution in [3.63, 3.8) is 0 Å². The molecule has 5 nitrogen and oxygen atoms in total. The van der Waals surface area contributed by atoms with Crippen LogP contribution in [0.1, 0.15) is 53.4 Å². The van der Waals surface area contributed by atoms with Crippen LogP contribution in [-0.2, 0) is 14.3 Å². The molecule has 2 spiro atoms. The molecule has 5 heteroatoms. The maximum Gasteiger partial charge on any atom is 0.205 e. The first-order chi connectivity index (χ1) is 12.5. The lowest BCUT2D eigenvalue weighted by molar-refractivity contribution is -0.470. The molecule has 7 rings (SSSR count). The second kappa shape index (κ2) is 4.22. The van der Waals surface area contributed by atoms with Gasteiger partial charge in [-0.2, -0.15) is 0 Å². The summed E-state index contributed by atoms with van der Waals surface area (Å²) in [5, 5.41) is 23.2. The monoisotopic (exact) mass is 374 g/mol. The predicted octanol–water partition coefficient (Wildman–Crippen LogP) is 1.94. The Morgan fingerprint density at radius 1 is 1.11 bits per heavy atom. The minimum Gasteiger partial charge on any atom is -0.387 e. The molecule has 2 N–H and O–H groups in total. The Labute approximate surface area is 159 Å². The normalized spacial score (nSPS) is 61.3. The summed E-state index contributed by atoms with van der Waals surface area (Å²) in [7, 11) is 0. The summed E-state index contributed by atoms with van der Waals surface area (Å²) < 4.78 is 5.97. The number of rotatable bonds is 0. The number of ether oxygens (including phenoxy) is 1. The zero-order valence-corrected chi connectivity index (χ0v) is 16.6. The molecule has 0 radical (unpaired) electrons. The van der Waals surface area contributed by atoms with Crippen LogP contribution in [0, 0.1) is 51.2 Å². The molecule has 0 aromatic heterocycles. The number of carbonyl (C=O) groups is 2. The first-order valence-corrected chi connectivity index (χ1v) is 10.6. The molecular weight excluding hydrogens is 344 g/mol. The Bertz CT molecular complexity index is 801. The average molecular weight is 374 g/mol. The van der Waals surface area contributed by atoms with Crippen molar-refractivity contribution >= 4 is 11.6 Å². The molecule has 5 saturated carbocycles. The minimum atomic E-state index is -1.84. The molecule has 2 heterocycles. The molecule has 27 heavy (non-hydrogen) atoms. The van der Waals surface area contributed by atoms with E-state index in [1.54, 1.807) is 0 Å². The third kappa shape index (κ3) is 1.30. The number of carbonyl (C=O) groups excluding carboxylic acids is 2. The van der Waals surface area contributed by atoms with Crippen molar-refractivity contribution in [3.05, 3.63) is 0 Å². The zero-order chi connectivity index (χ0) is 19.4. The summed E-state index contributed by atoms with van der Waals surface area (Å²) in [5.41, 5.74) is -2.22. The maximum atomic E-state index is 13.6. The van der Waals surface area contributed by atoms with E-state index in [-0.39, 0.29) is 52.7 Å². The Morgan fingerprint density at radius 2 is 1.81 bits per heavy atom. The van der Waals surface area contributed by atoms with Gasteiger partial charge < -0.3 is 14.9 Å². The molecule has 7 fully saturated rings. The van der Waals surface area contributed by atoms with Crippen molar-refractivity contribution in [2.45, 2.75) is 65.3 Å². The number of hydrogen-bond acceptors (Lipinski definition) is 5. The Kier molecular flexibility index (Phi) is 2.67. The van der Waals surface area contributed by atoms with Crippen LogP contribution in [-0.4, -0.2) is 40.3 Å². The number of hydrogen-bond donors (Lipinski definition) is 2. The third-order valence-electron chi connectivity index (χ3n) is 10.5. The quantitative estimate of drug-likeness (QED) is 0.677. The first kappa shape index (κ1) is 17.1. The number of aliphatic hydroxyl groups excluding tert-OH is 1. The standard InChI is InChI=1S/C22H30O5/c1-18(2)8-7-12(23)20-9-27-22(26,17(25)15(18)20)21-11(20)6-5-10-13(21)14(16(21)24)19(10,3)4/h10-11,13-15,17,25-26H,5-9H2,1-4H3. The highest BCUT2D eigenvalue weighted by atomic mass is 16.6. The molecule has 9 unspecified atom stereocenters. The van der Waals surface area contributed by atoms with Crippen LogP contribution >= 0.6 is 0 Å². The second-order valence-electron chi connectivity index (χ2n) is 11.7. The Balaban J connectivity index is 1.60. The highest BCUT2D eigenvalue weighted by Gasteiger charge is 2.93. The van der Waals surface area contributed by atoms with Crippen LogP contribution in [0.2, 0.25) is 0 Å². The van der Waals surface area contributed by atoms with Crippen molar-refractivity contribution in [2.75, 3.05) is 6.61 Å². The van der Waals surface area contributed by atoms with Gasteiger partial charge in [0.2, 0.25) is 5.79 Å². The summed E-state index contributed by atoms with van der Waals surface area (Å²) in [5.74, 6) is -1.84. The maximum absolute atomic E-state index is 13.6. The molecule has 0 amide bonds. The molecule has 148 valence electrons. The van der Waals surface area contributed by atoms with Gasteiger partial charge in [-0.3, -0.25) is 9.59 Å². The van der Waals surface area contributed by atoms with Crippen molar-refractivity contribution in [3.8, 4) is 0 Å². The van der Waals surface area contributed by atoms with Crippen molar-refractivity contribution in [1.82, 2.24) is 0 Å². The lowest BCUT2D eigenvalue weighted by Crippen LogP contribution is -2.93. The number of ketones is 2. The van der Waals surface area contributed by atoms with Crippen LogP contribution in [0.25, 0.3) is 0 Å². The SMILES string of the molecule is CC1(C)CCC(=O)C23COC(O)(C(O)C12)C12C(=O)C4C1C(CCC32)C4(C)C. The summed E-state index contributed by atoms with van der Waals surface area (Å²) in [6.07, 6.45) is 1.78. The molecule has 7 aliphatic rings. The van der Waals surface area contributed by atoms with Gasteiger partial charge in [0, 0.05) is 18.3 Å². The van der Waals surface area contributed by atoms with Crippen LogP contribution in [0.15, 0.2) is 0 Å². The summed E-state index contributed by atoms with van der Waals surface area (Å²) in [6.45, 7) is 8.65. The Morgan fingerprint density at radius 3 is 2.52 bits per heavy atom. The fraction of sp³-hybridized carbons (Fsp3) is 0.909. The lowest BCUT2D eigenvalue weighted by Gasteiger charge is -2.84. The molecule has 0 aromatic rings. The third-order valence-corrected chi connectivity index (χ3v) is 10.5. The first-order valence-electron chi connectivity index (χ1n) is 10.6. The molecule has 9 atom stereocenters. The molecular formula is C22H30O5. The second-order valence-corrected chi connectivity index (χ2v) is 11.7. The number of fused-ring (bicyclic) bond motifs is 1. The fourth-order valence-corrected chi connectivity index (χ4v) is 9.53. The number of aliphatic hydroxyl groups is 2.